The van der Waals surface area contributed by atoms with Gasteiger partial charge in [-0.2, -0.15) is 0 Å². The van der Waals surface area contributed by atoms with Crippen LogP contribution in [-0.2, 0) is 0 Å². The highest BCUT2D eigenvalue weighted by molar-refractivity contribution is 5.99. The van der Waals surface area contributed by atoms with Crippen molar-refractivity contribution in [3.05, 3.63) is 82.2 Å². The highest BCUT2D eigenvalue weighted by Crippen LogP contribution is 2.41. The van der Waals surface area contributed by atoms with Crippen LogP contribution in [0.5, 0.6) is 11.5 Å². The Kier molecular flexibility index (Phi) is 10.4. The molecule has 7 heteroatoms. The monoisotopic (exact) mass is 546 g/mol. The maximum absolute atomic E-state index is 13.8. The molecule has 1 amide bonds. The van der Waals surface area contributed by atoms with Crippen molar-refractivity contribution >= 4 is 16.9 Å². The first-order chi connectivity index (χ1) is 19.5. The molecule has 0 N–H and O–H groups in total. The lowest BCUT2D eigenvalue weighted by Crippen LogP contribution is -2.34. The van der Waals surface area contributed by atoms with E-state index in [1.54, 1.807) is 23.1 Å². The van der Waals surface area contributed by atoms with Crippen LogP contribution in [0.4, 0.5) is 0 Å². The number of benzene rings is 2. The predicted molar refractivity (Wildman–Crippen MR) is 160 cm³/mol. The molecule has 0 aliphatic carbocycles. The Labute approximate surface area is 237 Å². The Morgan fingerprint density at radius 2 is 1.68 bits per heavy atom. The maximum atomic E-state index is 13.8. The van der Waals surface area contributed by atoms with Gasteiger partial charge in [-0.05, 0) is 75.6 Å². The van der Waals surface area contributed by atoms with Crippen molar-refractivity contribution in [1.29, 1.82) is 0 Å². The third kappa shape index (κ3) is 6.41. The molecule has 1 atom stereocenters. The van der Waals surface area contributed by atoms with E-state index in [2.05, 4.69) is 25.3 Å². The number of unbranched alkanes of at least 4 members (excludes halogenated alkanes) is 2. The molecule has 3 aromatic rings. The fraction of sp³-hybridized carbons (Fsp3) is 0.455. The van der Waals surface area contributed by atoms with Crippen LogP contribution in [0.15, 0.2) is 64.3 Å². The van der Waals surface area contributed by atoms with Crippen LogP contribution in [0.3, 0.4) is 0 Å². The van der Waals surface area contributed by atoms with Crippen molar-refractivity contribution in [1.82, 2.24) is 9.80 Å². The average molecular weight is 547 g/mol. The summed E-state index contributed by atoms with van der Waals surface area (Å²) in [6, 6.07) is 12.2. The summed E-state index contributed by atoms with van der Waals surface area (Å²) in [6.45, 7) is 14.4. The van der Waals surface area contributed by atoms with Crippen LogP contribution in [-0.4, -0.2) is 55.1 Å². The molecule has 2 aromatic carbocycles. The van der Waals surface area contributed by atoms with Gasteiger partial charge >= 0.3 is 0 Å². The van der Waals surface area contributed by atoms with Crippen LogP contribution in [0, 0.1) is 0 Å². The van der Waals surface area contributed by atoms with E-state index in [1.165, 1.54) is 0 Å². The minimum atomic E-state index is -0.573. The second kappa shape index (κ2) is 14.2. The van der Waals surface area contributed by atoms with E-state index < -0.39 is 6.04 Å². The highest BCUT2D eigenvalue weighted by atomic mass is 16.5. The van der Waals surface area contributed by atoms with Gasteiger partial charge in [0.2, 0.25) is 5.76 Å². The first-order valence-corrected chi connectivity index (χ1v) is 14.6. The molecule has 1 aliphatic heterocycles. The Bertz CT molecular complexity index is 1360. The van der Waals surface area contributed by atoms with E-state index in [-0.39, 0.29) is 17.1 Å². The van der Waals surface area contributed by atoms with Crippen LogP contribution < -0.4 is 14.9 Å². The van der Waals surface area contributed by atoms with Crippen molar-refractivity contribution in [3.8, 4) is 11.5 Å². The standard InChI is InChI=1S/C33H42N2O5/c1-5-9-18-34(19-10-6-2)20-13-21-35-30(24-16-17-27(39-22-7-3)28(23-24)38-8-4)29-31(36)25-14-11-12-15-26(25)40-32(29)33(35)37/h7,11-12,14-17,23,30H,3,5-6,8-10,13,18-22H2,1-2,4H3. The second-order valence-corrected chi connectivity index (χ2v) is 10.2. The molecule has 1 aliphatic rings. The zero-order valence-corrected chi connectivity index (χ0v) is 24.1. The molecule has 0 fully saturated rings. The van der Waals surface area contributed by atoms with Gasteiger partial charge in [0.15, 0.2) is 16.9 Å². The number of amides is 1. The molecule has 0 bridgehead atoms. The SMILES string of the molecule is C=CCOc1ccc(C2c3c(oc4ccccc4c3=O)C(=O)N2CCCN(CCCC)CCCC)cc1OCC. The number of carbonyl (C=O) groups excluding carboxylic acids is 1. The smallest absolute Gasteiger partial charge is 0.290 e. The number of hydrogen-bond acceptors (Lipinski definition) is 6. The van der Waals surface area contributed by atoms with Gasteiger partial charge < -0.3 is 23.7 Å². The van der Waals surface area contributed by atoms with Crippen LogP contribution in [0.1, 0.15) is 80.6 Å². The Balaban J connectivity index is 1.71. The molecule has 4 rings (SSSR count). The van der Waals surface area contributed by atoms with E-state index in [0.717, 1.165) is 57.3 Å². The van der Waals surface area contributed by atoms with Gasteiger partial charge in [0, 0.05) is 6.54 Å². The minimum absolute atomic E-state index is 0.132. The lowest BCUT2D eigenvalue weighted by atomic mass is 9.98. The van der Waals surface area contributed by atoms with Gasteiger partial charge in [-0.25, -0.2) is 0 Å². The summed E-state index contributed by atoms with van der Waals surface area (Å²) in [7, 11) is 0. The van der Waals surface area contributed by atoms with Gasteiger partial charge in [-0.3, -0.25) is 9.59 Å². The number of rotatable bonds is 16. The van der Waals surface area contributed by atoms with E-state index in [4.69, 9.17) is 13.9 Å². The summed E-state index contributed by atoms with van der Waals surface area (Å²) in [5.74, 6) is 1.04. The second-order valence-electron chi connectivity index (χ2n) is 10.2. The van der Waals surface area contributed by atoms with Gasteiger partial charge in [-0.15, -0.1) is 0 Å². The van der Waals surface area contributed by atoms with Crippen molar-refractivity contribution < 1.29 is 18.7 Å². The fourth-order valence-corrected chi connectivity index (χ4v) is 5.34. The Morgan fingerprint density at radius 1 is 0.950 bits per heavy atom. The average Bonchev–Trinajstić information content (AvgIpc) is 3.25. The summed E-state index contributed by atoms with van der Waals surface area (Å²) >= 11 is 0. The number of para-hydroxylation sites is 1. The molecule has 1 unspecified atom stereocenters. The summed E-state index contributed by atoms with van der Waals surface area (Å²) in [6.07, 6.45) is 7.10. The number of nitrogens with zero attached hydrogens (tertiary/aromatic N) is 2. The Hall–Kier alpha value is -3.58. The zero-order chi connectivity index (χ0) is 28.5. The lowest BCUT2D eigenvalue weighted by molar-refractivity contribution is 0.0719. The summed E-state index contributed by atoms with van der Waals surface area (Å²) < 4.78 is 17.8. The topological polar surface area (TPSA) is 72.2 Å². The minimum Gasteiger partial charge on any atom is -0.490 e. The highest BCUT2D eigenvalue weighted by Gasteiger charge is 2.42. The van der Waals surface area contributed by atoms with Gasteiger partial charge in [-0.1, -0.05) is 57.5 Å². The third-order valence-electron chi connectivity index (χ3n) is 7.34. The number of fused-ring (bicyclic) bond motifs is 2. The van der Waals surface area contributed by atoms with Crippen LogP contribution in [0.25, 0.3) is 11.0 Å². The van der Waals surface area contributed by atoms with E-state index in [9.17, 15) is 9.59 Å². The van der Waals surface area contributed by atoms with Crippen molar-refractivity contribution in [2.75, 3.05) is 39.4 Å². The largest absolute Gasteiger partial charge is 0.490 e. The van der Waals surface area contributed by atoms with E-state index in [1.807, 2.05) is 37.3 Å². The van der Waals surface area contributed by atoms with Gasteiger partial charge in [0.1, 0.15) is 12.2 Å². The summed E-state index contributed by atoms with van der Waals surface area (Å²) in [4.78, 5) is 31.9. The van der Waals surface area contributed by atoms with Crippen molar-refractivity contribution in [3.63, 3.8) is 0 Å². The molecule has 0 spiro atoms. The molecule has 1 aromatic heterocycles. The van der Waals surface area contributed by atoms with Crippen molar-refractivity contribution in [2.24, 2.45) is 0 Å². The molecular formula is C33H42N2O5. The molecular weight excluding hydrogens is 504 g/mol. The number of carbonyl (C=O) groups is 1. The van der Waals surface area contributed by atoms with Gasteiger partial charge in [0.25, 0.3) is 5.91 Å². The quantitative estimate of drug-likeness (QED) is 0.189. The van der Waals surface area contributed by atoms with Crippen molar-refractivity contribution in [2.45, 2.75) is 58.9 Å². The normalized spacial score (nSPS) is 14.7. The Morgan fingerprint density at radius 3 is 2.38 bits per heavy atom. The molecule has 7 nitrogen and oxygen atoms in total. The molecule has 0 radical (unpaired) electrons. The van der Waals surface area contributed by atoms with Crippen LogP contribution in [0.2, 0.25) is 0 Å². The molecule has 214 valence electrons. The number of ether oxygens (including phenoxy) is 2. The number of hydrogen-bond donors (Lipinski definition) is 0. The molecule has 2 heterocycles. The van der Waals surface area contributed by atoms with Gasteiger partial charge in [0.05, 0.1) is 23.6 Å². The third-order valence-corrected chi connectivity index (χ3v) is 7.34. The molecule has 0 saturated carbocycles. The maximum Gasteiger partial charge on any atom is 0.290 e. The van der Waals surface area contributed by atoms with E-state index in [0.29, 0.717) is 47.8 Å². The van der Waals surface area contributed by atoms with Crippen LogP contribution >= 0.6 is 0 Å². The first kappa shape index (κ1) is 29.4. The first-order valence-electron chi connectivity index (χ1n) is 14.6. The van der Waals surface area contributed by atoms with E-state index >= 15 is 0 Å². The fourth-order valence-electron chi connectivity index (χ4n) is 5.34. The lowest BCUT2D eigenvalue weighted by Gasteiger charge is -2.28. The summed E-state index contributed by atoms with van der Waals surface area (Å²) in [5.41, 5.74) is 1.43. The molecule has 0 saturated heterocycles. The predicted octanol–water partition coefficient (Wildman–Crippen LogP) is 6.59. The zero-order valence-electron chi connectivity index (χ0n) is 24.1. The molecule has 40 heavy (non-hydrogen) atoms. The summed E-state index contributed by atoms with van der Waals surface area (Å²) in [5, 5.41) is 0.474.